The topological polar surface area (TPSA) is 142 Å². The van der Waals surface area contributed by atoms with Gasteiger partial charge in [0.05, 0.1) is 23.9 Å². The van der Waals surface area contributed by atoms with Crippen LogP contribution >= 0.6 is 0 Å². The fourth-order valence-corrected chi connectivity index (χ4v) is 3.97. The van der Waals surface area contributed by atoms with Gasteiger partial charge in [0.2, 0.25) is 5.95 Å². The van der Waals surface area contributed by atoms with Crippen LogP contribution in [0.3, 0.4) is 0 Å². The van der Waals surface area contributed by atoms with Gasteiger partial charge in [-0.1, -0.05) is 32.9 Å². The molecule has 3 rings (SSSR count). The van der Waals surface area contributed by atoms with Gasteiger partial charge in [0, 0.05) is 31.3 Å². The van der Waals surface area contributed by atoms with E-state index in [0.717, 1.165) is 11.3 Å². The average Bonchev–Trinajstić information content (AvgIpc) is 3.22. The maximum absolute atomic E-state index is 13.7. The summed E-state index contributed by atoms with van der Waals surface area (Å²) in [7, 11) is 3.22. The summed E-state index contributed by atoms with van der Waals surface area (Å²) < 4.78 is 15.2. The van der Waals surface area contributed by atoms with Gasteiger partial charge in [-0.3, -0.25) is 14.3 Å². The van der Waals surface area contributed by atoms with Crippen molar-refractivity contribution >= 4 is 29.7 Å². The van der Waals surface area contributed by atoms with E-state index in [1.165, 1.54) is 23.9 Å². The van der Waals surface area contributed by atoms with Crippen molar-refractivity contribution < 1.29 is 24.2 Å². The number of amides is 1. The Morgan fingerprint density at radius 2 is 1.84 bits per heavy atom. The number of aliphatic carboxylic acids is 1. The lowest BCUT2D eigenvalue weighted by Crippen LogP contribution is -2.18. The predicted molar refractivity (Wildman–Crippen MR) is 142 cm³/mol. The van der Waals surface area contributed by atoms with E-state index in [2.05, 4.69) is 15.7 Å². The molecular formula is C27H33FN6O4. The second-order valence-electron chi connectivity index (χ2n) is 9.42. The first-order chi connectivity index (χ1) is 18.0. The highest BCUT2D eigenvalue weighted by Gasteiger charge is 2.19. The molecule has 0 bridgehead atoms. The van der Waals surface area contributed by atoms with Gasteiger partial charge in [0.1, 0.15) is 11.6 Å². The Morgan fingerprint density at radius 1 is 1.16 bits per heavy atom. The Hall–Kier alpha value is -4.12. The molecular weight excluding hydrogens is 491 g/mol. The molecule has 38 heavy (non-hydrogen) atoms. The lowest BCUT2D eigenvalue weighted by Gasteiger charge is -2.17. The van der Waals surface area contributed by atoms with Crippen molar-refractivity contribution in [3.05, 3.63) is 59.2 Å². The summed E-state index contributed by atoms with van der Waals surface area (Å²) >= 11 is 0. The van der Waals surface area contributed by atoms with Crippen molar-refractivity contribution in [2.45, 2.75) is 45.6 Å². The van der Waals surface area contributed by atoms with E-state index in [0.29, 0.717) is 17.1 Å². The number of carbonyl (C=O) groups is 2. The van der Waals surface area contributed by atoms with Crippen LogP contribution in [0.4, 0.5) is 16.2 Å². The zero-order chi connectivity index (χ0) is 28.0. The van der Waals surface area contributed by atoms with E-state index in [4.69, 9.17) is 15.1 Å². The monoisotopic (exact) mass is 524 g/mol. The summed E-state index contributed by atoms with van der Waals surface area (Å²) in [6.45, 7) is 5.87. The molecule has 0 unspecified atom stereocenters. The maximum Gasteiger partial charge on any atom is 0.305 e. The first-order valence-corrected chi connectivity index (χ1v) is 12.3. The number of nitrogens with one attached hydrogen (secondary N) is 2. The highest BCUT2D eigenvalue weighted by Crippen LogP contribution is 2.32. The standard InChI is InChI=1S/C27H33FN6O4/c1-15(2)24-20(11-6-16(3)12-19(35)13-23(36)37)25(17-7-9-18(28)10-8-17)32-27(31-24)30-22-14-21(26(38)29-4)33-34(22)5/h6-11,14-16,19,35H,12-13H2,1-5H3,(H,29,38)(H,36,37)(H,30,31,32)/b11-6+/t16-,19-/m1/s1. The Bertz CT molecular complexity index is 1320. The van der Waals surface area contributed by atoms with Gasteiger partial charge < -0.3 is 20.8 Å². The van der Waals surface area contributed by atoms with Gasteiger partial charge >= 0.3 is 5.97 Å². The summed E-state index contributed by atoms with van der Waals surface area (Å²) in [4.78, 5) is 32.4. The number of carbonyl (C=O) groups excluding carboxylic acids is 1. The third kappa shape index (κ3) is 7.22. The summed E-state index contributed by atoms with van der Waals surface area (Å²) in [6.07, 6.45) is 2.74. The Balaban J connectivity index is 2.06. The molecule has 0 aliphatic heterocycles. The fourth-order valence-electron chi connectivity index (χ4n) is 3.97. The summed E-state index contributed by atoms with van der Waals surface area (Å²) in [5, 5.41) is 28.8. The minimum absolute atomic E-state index is 0.0155. The molecule has 0 saturated carbocycles. The largest absolute Gasteiger partial charge is 0.481 e. The lowest BCUT2D eigenvalue weighted by atomic mass is 9.95. The van der Waals surface area contributed by atoms with Crippen LogP contribution in [0.15, 0.2) is 36.4 Å². The summed E-state index contributed by atoms with van der Waals surface area (Å²) in [5.74, 6) is -1.11. The minimum atomic E-state index is -1.05. The van der Waals surface area contributed by atoms with Crippen LogP contribution in [0.25, 0.3) is 17.3 Å². The molecule has 0 fully saturated rings. The molecule has 1 aromatic carbocycles. The number of benzene rings is 1. The second-order valence-corrected chi connectivity index (χ2v) is 9.42. The molecule has 0 saturated heterocycles. The van der Waals surface area contributed by atoms with E-state index >= 15 is 0 Å². The highest BCUT2D eigenvalue weighted by molar-refractivity contribution is 5.93. The number of aryl methyl sites for hydroxylation is 1. The zero-order valence-corrected chi connectivity index (χ0v) is 22.1. The summed E-state index contributed by atoms with van der Waals surface area (Å²) in [6, 6.07) is 7.57. The Labute approximate surface area is 220 Å². The molecule has 2 atom stereocenters. The van der Waals surface area contributed by atoms with Gasteiger partial charge in [-0.2, -0.15) is 5.10 Å². The van der Waals surface area contributed by atoms with E-state index < -0.39 is 12.1 Å². The zero-order valence-electron chi connectivity index (χ0n) is 22.1. The third-order valence-electron chi connectivity index (χ3n) is 5.86. The quantitative estimate of drug-likeness (QED) is 0.293. The molecule has 0 aliphatic carbocycles. The van der Waals surface area contributed by atoms with E-state index in [9.17, 15) is 19.1 Å². The molecule has 10 nitrogen and oxygen atoms in total. The Morgan fingerprint density at radius 3 is 2.45 bits per heavy atom. The predicted octanol–water partition coefficient (Wildman–Crippen LogP) is 4.12. The van der Waals surface area contributed by atoms with Crippen LogP contribution in [0, 0.1) is 11.7 Å². The molecule has 2 heterocycles. The first-order valence-electron chi connectivity index (χ1n) is 12.3. The number of anilines is 2. The van der Waals surface area contributed by atoms with Crippen molar-refractivity contribution in [2.24, 2.45) is 13.0 Å². The molecule has 202 valence electrons. The summed E-state index contributed by atoms with van der Waals surface area (Å²) in [5.41, 5.74) is 2.93. The highest BCUT2D eigenvalue weighted by atomic mass is 19.1. The fraction of sp³-hybridized carbons (Fsp3) is 0.370. The maximum atomic E-state index is 13.7. The second kappa shape index (κ2) is 12.4. The first kappa shape index (κ1) is 28.5. The number of carboxylic acids is 1. The number of hydrogen-bond donors (Lipinski definition) is 4. The van der Waals surface area contributed by atoms with Crippen molar-refractivity contribution in [3.63, 3.8) is 0 Å². The normalized spacial score (nSPS) is 13.1. The van der Waals surface area contributed by atoms with Crippen LogP contribution in [0.2, 0.25) is 0 Å². The number of aromatic nitrogens is 4. The van der Waals surface area contributed by atoms with Gasteiger partial charge in [-0.25, -0.2) is 14.4 Å². The number of rotatable bonds is 11. The Kier molecular flexibility index (Phi) is 9.30. The van der Waals surface area contributed by atoms with E-state index in [1.807, 2.05) is 32.9 Å². The van der Waals surface area contributed by atoms with Crippen molar-refractivity contribution in [3.8, 4) is 11.3 Å². The molecule has 0 radical (unpaired) electrons. The van der Waals surface area contributed by atoms with Crippen LogP contribution in [0.5, 0.6) is 0 Å². The van der Waals surface area contributed by atoms with Crippen molar-refractivity contribution in [1.82, 2.24) is 25.1 Å². The van der Waals surface area contributed by atoms with Gasteiger partial charge in [0.15, 0.2) is 5.69 Å². The molecule has 1 amide bonds. The van der Waals surface area contributed by atoms with Crippen molar-refractivity contribution in [1.29, 1.82) is 0 Å². The molecule has 11 heteroatoms. The van der Waals surface area contributed by atoms with Gasteiger partial charge in [-0.05, 0) is 42.5 Å². The minimum Gasteiger partial charge on any atom is -0.481 e. The van der Waals surface area contributed by atoms with Crippen LogP contribution in [-0.2, 0) is 11.8 Å². The number of halogens is 1. The van der Waals surface area contributed by atoms with Crippen LogP contribution in [-0.4, -0.2) is 55.0 Å². The molecule has 0 aliphatic rings. The molecule has 4 N–H and O–H groups in total. The number of aliphatic hydroxyl groups is 1. The van der Waals surface area contributed by atoms with E-state index in [-0.39, 0.29) is 48.0 Å². The number of nitrogens with zero attached hydrogens (tertiary/aromatic N) is 4. The lowest BCUT2D eigenvalue weighted by molar-refractivity contribution is -0.139. The number of hydrogen-bond acceptors (Lipinski definition) is 7. The van der Waals surface area contributed by atoms with Crippen molar-refractivity contribution in [2.75, 3.05) is 12.4 Å². The smallest absolute Gasteiger partial charge is 0.305 e. The number of carboxylic acid groups (broad SMARTS) is 1. The molecule has 3 aromatic rings. The SMILES string of the molecule is CNC(=O)c1cc(Nc2nc(-c3ccc(F)cc3)c(/C=C/[C@@H](C)C[C@@H](O)CC(=O)O)c(C(C)C)n2)n(C)n1. The molecule has 2 aromatic heterocycles. The van der Waals surface area contributed by atoms with E-state index in [1.54, 1.807) is 25.2 Å². The average molecular weight is 525 g/mol. The third-order valence-corrected chi connectivity index (χ3v) is 5.86. The van der Waals surface area contributed by atoms with Crippen LogP contribution < -0.4 is 10.6 Å². The van der Waals surface area contributed by atoms with Gasteiger partial charge in [0.25, 0.3) is 5.91 Å². The number of aliphatic hydroxyl groups excluding tert-OH is 1. The van der Waals surface area contributed by atoms with Gasteiger partial charge in [-0.15, -0.1) is 0 Å². The molecule has 0 spiro atoms. The van der Waals surface area contributed by atoms with Crippen LogP contribution in [0.1, 0.15) is 61.3 Å². The number of allylic oxidation sites excluding steroid dienone is 1.